The van der Waals surface area contributed by atoms with Gasteiger partial charge in [-0.3, -0.25) is 4.98 Å². The normalized spacial score (nSPS) is 10.5. The van der Waals surface area contributed by atoms with Crippen LogP contribution < -0.4 is 10.6 Å². The number of hydrogen-bond acceptors (Lipinski definition) is 5. The fourth-order valence-electron chi connectivity index (χ4n) is 2.82. The number of carbonyl (C=O) groups excluding carboxylic acids is 1. The van der Waals surface area contributed by atoms with Gasteiger partial charge in [-0.15, -0.1) is 0 Å². The van der Waals surface area contributed by atoms with Crippen LogP contribution in [0.3, 0.4) is 0 Å². The van der Waals surface area contributed by atoms with Gasteiger partial charge in [0.15, 0.2) is 0 Å². The van der Waals surface area contributed by atoms with Crippen LogP contribution in [0.15, 0.2) is 77.6 Å². The predicted molar refractivity (Wildman–Crippen MR) is 111 cm³/mol. The number of rotatable bonds is 5. The molecule has 2 amide bonds. The third kappa shape index (κ3) is 4.65. The molecule has 0 spiro atoms. The predicted octanol–water partition coefficient (Wildman–Crippen LogP) is 4.67. The lowest BCUT2D eigenvalue weighted by Crippen LogP contribution is -2.20. The number of anilines is 2. The fourth-order valence-corrected chi connectivity index (χ4v) is 2.82. The van der Waals surface area contributed by atoms with Crippen molar-refractivity contribution in [2.75, 3.05) is 10.6 Å². The number of hydrogen-bond donors (Lipinski definition) is 2. The second-order valence-electron chi connectivity index (χ2n) is 6.53. The van der Waals surface area contributed by atoms with Crippen LogP contribution in [0.5, 0.6) is 0 Å². The fraction of sp³-hybridized carbons (Fsp3) is 0.0909. The Morgan fingerprint density at radius 2 is 1.83 bits per heavy atom. The zero-order valence-electron chi connectivity index (χ0n) is 15.8. The zero-order valence-corrected chi connectivity index (χ0v) is 15.8. The minimum atomic E-state index is -0.317. The Balaban J connectivity index is 1.46. The van der Waals surface area contributed by atoms with E-state index < -0.39 is 0 Å². The lowest BCUT2D eigenvalue weighted by atomic mass is 10.1. The van der Waals surface area contributed by atoms with E-state index in [1.807, 2.05) is 67.6 Å². The number of carbonyl (C=O) groups is 1. The zero-order chi connectivity index (χ0) is 20.1. The summed E-state index contributed by atoms with van der Waals surface area (Å²) in [5, 5.41) is 9.72. The van der Waals surface area contributed by atoms with Gasteiger partial charge in [-0.25, -0.2) is 4.79 Å². The molecule has 0 atom stereocenters. The Bertz CT molecular complexity index is 1110. The monoisotopic (exact) mass is 385 g/mol. The summed E-state index contributed by atoms with van der Waals surface area (Å²) in [7, 11) is 0. The molecular formula is C22H19N5O2. The van der Waals surface area contributed by atoms with Crippen molar-refractivity contribution < 1.29 is 9.32 Å². The van der Waals surface area contributed by atoms with Crippen LogP contribution in [0.1, 0.15) is 17.0 Å². The summed E-state index contributed by atoms with van der Waals surface area (Å²) in [4.78, 5) is 20.9. The molecular weight excluding hydrogens is 366 g/mol. The van der Waals surface area contributed by atoms with Crippen LogP contribution >= 0.6 is 0 Å². The van der Waals surface area contributed by atoms with E-state index in [-0.39, 0.29) is 6.03 Å². The number of urea groups is 1. The van der Waals surface area contributed by atoms with Gasteiger partial charge in [0.2, 0.25) is 11.7 Å². The van der Waals surface area contributed by atoms with Gasteiger partial charge >= 0.3 is 6.03 Å². The molecule has 2 aromatic heterocycles. The van der Waals surface area contributed by atoms with Gasteiger partial charge in [0.25, 0.3) is 0 Å². The van der Waals surface area contributed by atoms with Crippen molar-refractivity contribution in [3.8, 4) is 11.4 Å². The Morgan fingerprint density at radius 3 is 2.62 bits per heavy atom. The highest BCUT2D eigenvalue weighted by Gasteiger charge is 2.13. The first kappa shape index (κ1) is 18.4. The molecule has 29 heavy (non-hydrogen) atoms. The van der Waals surface area contributed by atoms with Crippen molar-refractivity contribution in [2.24, 2.45) is 0 Å². The molecule has 4 rings (SSSR count). The summed E-state index contributed by atoms with van der Waals surface area (Å²) in [5.74, 6) is 0.938. The first-order chi connectivity index (χ1) is 14.2. The van der Waals surface area contributed by atoms with Gasteiger partial charge in [0, 0.05) is 29.3 Å². The molecule has 144 valence electrons. The highest BCUT2D eigenvalue weighted by molar-refractivity contribution is 6.00. The molecule has 7 heteroatoms. The average molecular weight is 385 g/mol. The highest BCUT2D eigenvalue weighted by atomic mass is 16.5. The minimum absolute atomic E-state index is 0.317. The van der Waals surface area contributed by atoms with Crippen molar-refractivity contribution >= 4 is 17.4 Å². The molecule has 0 unspecified atom stereocenters. The van der Waals surface area contributed by atoms with Gasteiger partial charge in [0.05, 0.1) is 6.42 Å². The lowest BCUT2D eigenvalue weighted by molar-refractivity contribution is 0.262. The van der Waals surface area contributed by atoms with Crippen molar-refractivity contribution in [1.82, 2.24) is 15.1 Å². The Hall–Kier alpha value is -4.00. The maximum atomic E-state index is 12.4. The number of aromatic nitrogens is 3. The van der Waals surface area contributed by atoms with Gasteiger partial charge in [-0.05, 0) is 42.8 Å². The molecule has 0 aliphatic rings. The van der Waals surface area contributed by atoms with Crippen LogP contribution in [-0.2, 0) is 6.42 Å². The molecule has 2 heterocycles. The topological polar surface area (TPSA) is 92.9 Å². The van der Waals surface area contributed by atoms with Crippen LogP contribution in [0.2, 0.25) is 0 Å². The summed E-state index contributed by atoms with van der Waals surface area (Å²) < 4.78 is 5.37. The van der Waals surface area contributed by atoms with Crippen LogP contribution in [0.25, 0.3) is 11.4 Å². The van der Waals surface area contributed by atoms with Crippen molar-refractivity contribution in [3.63, 3.8) is 0 Å². The quantitative estimate of drug-likeness (QED) is 0.520. The first-order valence-corrected chi connectivity index (χ1v) is 9.13. The van der Waals surface area contributed by atoms with Gasteiger partial charge < -0.3 is 15.2 Å². The Kier molecular flexibility index (Phi) is 5.29. The van der Waals surface area contributed by atoms with E-state index in [9.17, 15) is 4.79 Å². The minimum Gasteiger partial charge on any atom is -0.339 e. The molecule has 2 N–H and O–H groups in total. The standard InChI is InChI=1S/C22H19N5O2/c1-15-8-10-18(11-9-15)24-22(28)25-19-7-3-2-5-16(19)13-20-26-21(27-29-20)17-6-4-12-23-14-17/h2-12,14H,13H2,1H3,(H2,24,25,28). The first-order valence-electron chi connectivity index (χ1n) is 9.13. The summed E-state index contributed by atoms with van der Waals surface area (Å²) in [5.41, 5.74) is 4.19. The van der Waals surface area contributed by atoms with Crippen molar-refractivity contribution in [2.45, 2.75) is 13.3 Å². The van der Waals surface area contributed by atoms with Crippen LogP contribution in [0, 0.1) is 6.92 Å². The van der Waals surface area contributed by atoms with Gasteiger partial charge in [-0.2, -0.15) is 4.98 Å². The molecule has 2 aromatic carbocycles. The number of amides is 2. The maximum absolute atomic E-state index is 12.4. The molecule has 0 aliphatic carbocycles. The van der Waals surface area contributed by atoms with Crippen molar-refractivity contribution in [1.29, 1.82) is 0 Å². The van der Waals surface area contributed by atoms with E-state index in [2.05, 4.69) is 25.8 Å². The number of aryl methyl sites for hydroxylation is 1. The molecule has 0 fully saturated rings. The maximum Gasteiger partial charge on any atom is 0.323 e. The largest absolute Gasteiger partial charge is 0.339 e. The number of para-hydroxylation sites is 1. The summed E-state index contributed by atoms with van der Waals surface area (Å²) in [6, 6.07) is 18.5. The average Bonchev–Trinajstić information content (AvgIpc) is 3.20. The second-order valence-corrected chi connectivity index (χ2v) is 6.53. The van der Waals surface area contributed by atoms with E-state index in [1.54, 1.807) is 12.4 Å². The van der Waals surface area contributed by atoms with E-state index in [0.717, 1.165) is 22.4 Å². The molecule has 7 nitrogen and oxygen atoms in total. The van der Waals surface area contributed by atoms with Crippen LogP contribution in [0.4, 0.5) is 16.2 Å². The number of nitrogens with one attached hydrogen (secondary N) is 2. The number of nitrogens with zero attached hydrogens (tertiary/aromatic N) is 3. The van der Waals surface area contributed by atoms with E-state index in [1.165, 1.54) is 0 Å². The third-order valence-corrected chi connectivity index (χ3v) is 4.30. The van der Waals surface area contributed by atoms with Gasteiger partial charge in [-0.1, -0.05) is 41.1 Å². The molecule has 0 saturated heterocycles. The van der Waals surface area contributed by atoms with E-state index in [4.69, 9.17) is 4.52 Å². The van der Waals surface area contributed by atoms with E-state index >= 15 is 0 Å². The molecule has 0 saturated carbocycles. The molecule has 0 bridgehead atoms. The van der Waals surface area contributed by atoms with Crippen LogP contribution in [-0.4, -0.2) is 21.2 Å². The number of pyridine rings is 1. The van der Waals surface area contributed by atoms with E-state index in [0.29, 0.717) is 23.8 Å². The SMILES string of the molecule is Cc1ccc(NC(=O)Nc2ccccc2Cc2nc(-c3cccnc3)no2)cc1. The molecule has 4 aromatic rings. The summed E-state index contributed by atoms with van der Waals surface area (Å²) in [6.07, 6.45) is 3.77. The third-order valence-electron chi connectivity index (χ3n) is 4.30. The Morgan fingerprint density at radius 1 is 1.00 bits per heavy atom. The highest BCUT2D eigenvalue weighted by Crippen LogP contribution is 2.21. The van der Waals surface area contributed by atoms with Crippen molar-refractivity contribution in [3.05, 3.63) is 90.1 Å². The smallest absolute Gasteiger partial charge is 0.323 e. The Labute approximate surface area is 167 Å². The summed E-state index contributed by atoms with van der Waals surface area (Å²) >= 11 is 0. The molecule has 0 aliphatic heterocycles. The summed E-state index contributed by atoms with van der Waals surface area (Å²) in [6.45, 7) is 2.00. The lowest BCUT2D eigenvalue weighted by Gasteiger charge is -2.11. The number of benzene rings is 2. The van der Waals surface area contributed by atoms with Gasteiger partial charge in [0.1, 0.15) is 0 Å². The second kappa shape index (κ2) is 8.35. The molecule has 0 radical (unpaired) electrons.